The molecule has 0 aromatic heterocycles. The van der Waals surface area contributed by atoms with E-state index in [2.05, 4.69) is 19.9 Å². The van der Waals surface area contributed by atoms with E-state index in [9.17, 15) is 0 Å². The average molecular weight is 254 g/mol. The molecule has 0 aliphatic rings. The first-order valence-electron chi connectivity index (χ1n) is 8.18. The van der Waals surface area contributed by atoms with Crippen molar-refractivity contribution in [3.05, 3.63) is 12.3 Å². The van der Waals surface area contributed by atoms with E-state index in [-0.39, 0.29) is 0 Å². The monoisotopic (exact) mass is 254 g/mol. The fraction of sp³-hybridized carbons (Fsp3) is 0.882. The van der Waals surface area contributed by atoms with Crippen LogP contribution in [0.25, 0.3) is 0 Å². The van der Waals surface area contributed by atoms with Crippen LogP contribution in [0.3, 0.4) is 0 Å². The summed E-state index contributed by atoms with van der Waals surface area (Å²) in [4.78, 5) is 0. The van der Waals surface area contributed by atoms with Gasteiger partial charge in [0.05, 0.1) is 12.9 Å². The summed E-state index contributed by atoms with van der Waals surface area (Å²) >= 11 is 0. The highest BCUT2D eigenvalue weighted by Gasteiger charge is 1.89. The SMILES string of the molecule is CCCCCCCCCC=COCCCCCC. The van der Waals surface area contributed by atoms with Gasteiger partial charge in [-0.2, -0.15) is 0 Å². The summed E-state index contributed by atoms with van der Waals surface area (Å²) in [5.74, 6) is 0. The van der Waals surface area contributed by atoms with Crippen LogP contribution in [-0.4, -0.2) is 6.61 Å². The smallest absolute Gasteiger partial charge is 0.0873 e. The summed E-state index contributed by atoms with van der Waals surface area (Å²) in [6.45, 7) is 5.41. The van der Waals surface area contributed by atoms with Gasteiger partial charge in [-0.3, -0.25) is 0 Å². The van der Waals surface area contributed by atoms with E-state index in [0.29, 0.717) is 0 Å². The highest BCUT2D eigenvalue weighted by molar-refractivity contribution is 4.73. The molecule has 0 unspecified atom stereocenters. The molecule has 0 aromatic rings. The zero-order valence-corrected chi connectivity index (χ0v) is 12.8. The Morgan fingerprint density at radius 3 is 1.89 bits per heavy atom. The molecule has 0 rings (SSSR count). The largest absolute Gasteiger partial charge is 0.502 e. The molecule has 0 saturated carbocycles. The average Bonchev–Trinajstić information content (AvgIpc) is 2.39. The number of hydrogen-bond donors (Lipinski definition) is 0. The van der Waals surface area contributed by atoms with Crippen molar-refractivity contribution in [3.8, 4) is 0 Å². The van der Waals surface area contributed by atoms with Crippen molar-refractivity contribution in [1.82, 2.24) is 0 Å². The Kier molecular flexibility index (Phi) is 16.1. The van der Waals surface area contributed by atoms with Gasteiger partial charge in [-0.1, -0.05) is 71.6 Å². The molecule has 0 heterocycles. The highest BCUT2D eigenvalue weighted by Crippen LogP contribution is 2.08. The van der Waals surface area contributed by atoms with Crippen LogP contribution >= 0.6 is 0 Å². The standard InChI is InChI=1S/C17H34O/c1-3-5-7-9-10-11-12-13-15-17-18-16-14-8-6-4-2/h15,17H,3-14,16H2,1-2H3. The van der Waals surface area contributed by atoms with E-state index in [1.807, 2.05) is 6.26 Å². The van der Waals surface area contributed by atoms with Crippen molar-refractivity contribution in [2.24, 2.45) is 0 Å². The molecule has 0 atom stereocenters. The quantitative estimate of drug-likeness (QED) is 0.263. The summed E-state index contributed by atoms with van der Waals surface area (Å²) < 4.78 is 5.46. The van der Waals surface area contributed by atoms with Gasteiger partial charge < -0.3 is 4.74 Å². The lowest BCUT2D eigenvalue weighted by Crippen LogP contribution is -1.87. The Morgan fingerprint density at radius 2 is 1.22 bits per heavy atom. The maximum atomic E-state index is 5.46. The fourth-order valence-corrected chi connectivity index (χ4v) is 2.04. The molecule has 0 amide bonds. The maximum absolute atomic E-state index is 5.46. The number of ether oxygens (including phenoxy) is 1. The first kappa shape index (κ1) is 17.5. The van der Waals surface area contributed by atoms with Crippen LogP contribution in [0, 0.1) is 0 Å². The van der Waals surface area contributed by atoms with Crippen molar-refractivity contribution in [1.29, 1.82) is 0 Å². The number of unbranched alkanes of at least 4 members (excludes halogenated alkanes) is 10. The normalized spacial score (nSPS) is 11.2. The number of rotatable bonds is 14. The lowest BCUT2D eigenvalue weighted by molar-refractivity contribution is 0.239. The molecule has 0 fully saturated rings. The van der Waals surface area contributed by atoms with E-state index in [0.717, 1.165) is 6.61 Å². The van der Waals surface area contributed by atoms with Gasteiger partial charge in [-0.15, -0.1) is 0 Å². The molecule has 0 aromatic carbocycles. The molecular weight excluding hydrogens is 220 g/mol. The Bertz CT molecular complexity index is 163. The predicted octanol–water partition coefficient (Wildman–Crippen LogP) is 6.24. The molecule has 0 aliphatic heterocycles. The summed E-state index contributed by atoms with van der Waals surface area (Å²) in [6.07, 6.45) is 20.1. The second kappa shape index (κ2) is 16.5. The summed E-state index contributed by atoms with van der Waals surface area (Å²) in [5.41, 5.74) is 0. The van der Waals surface area contributed by atoms with Gasteiger partial charge in [-0.25, -0.2) is 0 Å². The van der Waals surface area contributed by atoms with E-state index < -0.39 is 0 Å². The molecule has 1 nitrogen and oxygen atoms in total. The second-order valence-corrected chi connectivity index (χ2v) is 5.21. The van der Waals surface area contributed by atoms with E-state index in [1.54, 1.807) is 0 Å². The van der Waals surface area contributed by atoms with Gasteiger partial charge in [0.15, 0.2) is 0 Å². The molecule has 0 saturated heterocycles. The summed E-state index contributed by atoms with van der Waals surface area (Å²) in [7, 11) is 0. The third-order valence-corrected chi connectivity index (χ3v) is 3.28. The Morgan fingerprint density at radius 1 is 0.667 bits per heavy atom. The first-order valence-corrected chi connectivity index (χ1v) is 8.18. The number of hydrogen-bond acceptors (Lipinski definition) is 1. The van der Waals surface area contributed by atoms with Crippen LogP contribution in [0.5, 0.6) is 0 Å². The Hall–Kier alpha value is -0.460. The van der Waals surface area contributed by atoms with Gasteiger partial charge in [0, 0.05) is 0 Å². The van der Waals surface area contributed by atoms with Crippen LogP contribution in [0.4, 0.5) is 0 Å². The van der Waals surface area contributed by atoms with Crippen molar-refractivity contribution in [3.63, 3.8) is 0 Å². The number of allylic oxidation sites excluding steroid dienone is 1. The lowest BCUT2D eigenvalue weighted by Gasteiger charge is -2.00. The van der Waals surface area contributed by atoms with Crippen molar-refractivity contribution in [2.75, 3.05) is 6.61 Å². The van der Waals surface area contributed by atoms with E-state index in [4.69, 9.17) is 4.74 Å². The van der Waals surface area contributed by atoms with E-state index in [1.165, 1.54) is 77.0 Å². The minimum absolute atomic E-state index is 0.896. The van der Waals surface area contributed by atoms with Gasteiger partial charge in [0.1, 0.15) is 0 Å². The van der Waals surface area contributed by atoms with Crippen molar-refractivity contribution < 1.29 is 4.74 Å². The van der Waals surface area contributed by atoms with Crippen LogP contribution < -0.4 is 0 Å². The Labute approximate surface area is 115 Å². The first-order chi connectivity index (χ1) is 8.91. The van der Waals surface area contributed by atoms with Gasteiger partial charge in [0.2, 0.25) is 0 Å². The van der Waals surface area contributed by atoms with E-state index >= 15 is 0 Å². The van der Waals surface area contributed by atoms with Crippen LogP contribution in [0.1, 0.15) is 90.9 Å². The van der Waals surface area contributed by atoms with Crippen LogP contribution in [-0.2, 0) is 4.74 Å². The molecule has 108 valence electrons. The molecule has 1 heteroatoms. The van der Waals surface area contributed by atoms with Crippen molar-refractivity contribution >= 4 is 0 Å². The minimum atomic E-state index is 0.896. The molecule has 0 bridgehead atoms. The molecule has 0 N–H and O–H groups in total. The van der Waals surface area contributed by atoms with Gasteiger partial charge in [0.25, 0.3) is 0 Å². The molecule has 0 spiro atoms. The lowest BCUT2D eigenvalue weighted by atomic mass is 10.1. The third kappa shape index (κ3) is 15.5. The topological polar surface area (TPSA) is 9.23 Å². The van der Waals surface area contributed by atoms with Crippen molar-refractivity contribution in [2.45, 2.75) is 90.9 Å². The zero-order valence-electron chi connectivity index (χ0n) is 12.8. The van der Waals surface area contributed by atoms with Gasteiger partial charge >= 0.3 is 0 Å². The predicted molar refractivity (Wildman–Crippen MR) is 81.8 cm³/mol. The van der Waals surface area contributed by atoms with Crippen LogP contribution in [0.2, 0.25) is 0 Å². The maximum Gasteiger partial charge on any atom is 0.0873 e. The zero-order chi connectivity index (χ0) is 13.3. The summed E-state index contributed by atoms with van der Waals surface area (Å²) in [5, 5.41) is 0. The fourth-order valence-electron chi connectivity index (χ4n) is 2.04. The second-order valence-electron chi connectivity index (χ2n) is 5.21. The summed E-state index contributed by atoms with van der Waals surface area (Å²) in [6, 6.07) is 0. The third-order valence-electron chi connectivity index (χ3n) is 3.28. The van der Waals surface area contributed by atoms with Crippen LogP contribution in [0.15, 0.2) is 12.3 Å². The van der Waals surface area contributed by atoms with Gasteiger partial charge in [-0.05, 0) is 25.3 Å². The minimum Gasteiger partial charge on any atom is -0.502 e. The Balaban J connectivity index is 3.00. The molecule has 0 radical (unpaired) electrons. The molecule has 18 heavy (non-hydrogen) atoms. The molecule has 0 aliphatic carbocycles. The molecular formula is C17H34O. The highest BCUT2D eigenvalue weighted by atomic mass is 16.5.